The summed E-state index contributed by atoms with van der Waals surface area (Å²) in [4.78, 5) is 0. The maximum atomic E-state index is 14.0. The van der Waals surface area contributed by atoms with Crippen molar-refractivity contribution in [3.05, 3.63) is 216 Å². The standard InChI is InChI=1S/C59H37F3N4/c1-36-9-7-11-39(27-36)41-18-24-56-50(31-41)47-13-3-5-15-53(47)65(56)55-23-17-38(34-63)29-49(55)52-33-43(46-22-21-45(59(60,61)62)30-44(46)35-64)20-26-58(52)66-54-16-6-4-14-48(54)51-32-42(19-25-57(51)66)40-12-8-10-37(2)28-40/h3-33H,1-2H3. The molecule has 11 rings (SSSR count). The molecule has 2 aromatic heterocycles. The van der Waals surface area contributed by atoms with Gasteiger partial charge in [0.25, 0.3) is 0 Å². The van der Waals surface area contributed by atoms with E-state index in [0.29, 0.717) is 16.7 Å². The van der Waals surface area contributed by atoms with Gasteiger partial charge in [0.1, 0.15) is 0 Å². The van der Waals surface area contributed by atoms with Crippen molar-refractivity contribution in [3.8, 4) is 68.0 Å². The number of halogens is 3. The lowest BCUT2D eigenvalue weighted by Crippen LogP contribution is -2.05. The molecule has 0 spiro atoms. The molecule has 9 aromatic carbocycles. The Kier molecular flexibility index (Phi) is 9.46. The second-order valence-electron chi connectivity index (χ2n) is 16.9. The molecule has 4 nitrogen and oxygen atoms in total. The van der Waals surface area contributed by atoms with Gasteiger partial charge in [-0.1, -0.05) is 120 Å². The molecule has 0 bridgehead atoms. The lowest BCUT2D eigenvalue weighted by Gasteiger charge is -2.20. The SMILES string of the molecule is Cc1cccc(-c2ccc3c(c2)c2ccccc2n3-c2ccc(C#N)cc2-c2cc(-c3ccc(C(F)(F)F)cc3C#N)ccc2-n2c3ccccc3c3cc(-c4cccc(C)c4)ccc32)c1. The first-order valence-electron chi connectivity index (χ1n) is 21.6. The van der Waals surface area contributed by atoms with E-state index in [0.717, 1.165) is 106 Å². The summed E-state index contributed by atoms with van der Waals surface area (Å²) >= 11 is 0. The Morgan fingerprint density at radius 2 is 0.894 bits per heavy atom. The molecule has 2 heterocycles. The minimum atomic E-state index is -4.62. The topological polar surface area (TPSA) is 57.4 Å². The summed E-state index contributed by atoms with van der Waals surface area (Å²) in [6.45, 7) is 4.17. The summed E-state index contributed by atoms with van der Waals surface area (Å²) in [5.74, 6) is 0. The van der Waals surface area contributed by atoms with Gasteiger partial charge in [-0.05, 0) is 126 Å². The van der Waals surface area contributed by atoms with Gasteiger partial charge in [0, 0.05) is 32.7 Å². The Morgan fingerprint density at radius 3 is 1.42 bits per heavy atom. The smallest absolute Gasteiger partial charge is 0.309 e. The van der Waals surface area contributed by atoms with Gasteiger partial charge in [0.2, 0.25) is 0 Å². The molecule has 0 aliphatic heterocycles. The first-order valence-corrected chi connectivity index (χ1v) is 21.6. The minimum Gasteiger partial charge on any atom is -0.309 e. The quantitative estimate of drug-likeness (QED) is 0.167. The predicted octanol–water partition coefficient (Wildman–Crippen LogP) is 15.9. The van der Waals surface area contributed by atoms with E-state index in [9.17, 15) is 23.7 Å². The van der Waals surface area contributed by atoms with Crippen LogP contribution in [0.25, 0.3) is 99.5 Å². The summed E-state index contributed by atoms with van der Waals surface area (Å²) in [5.41, 5.74) is 14.0. The number of fused-ring (bicyclic) bond motifs is 6. The van der Waals surface area contributed by atoms with Crippen LogP contribution in [0.1, 0.15) is 27.8 Å². The molecule has 0 aliphatic rings. The van der Waals surface area contributed by atoms with Crippen molar-refractivity contribution in [3.63, 3.8) is 0 Å². The third-order valence-electron chi connectivity index (χ3n) is 12.7. The van der Waals surface area contributed by atoms with Gasteiger partial charge in [-0.25, -0.2) is 0 Å². The zero-order valence-corrected chi connectivity index (χ0v) is 35.8. The lowest BCUT2D eigenvalue weighted by molar-refractivity contribution is -0.137. The van der Waals surface area contributed by atoms with Crippen LogP contribution in [0.15, 0.2) is 188 Å². The molecule has 11 aromatic rings. The minimum absolute atomic E-state index is 0.0955. The molecule has 314 valence electrons. The molecular weight excluding hydrogens is 822 g/mol. The van der Waals surface area contributed by atoms with E-state index in [1.165, 1.54) is 11.6 Å². The molecular formula is C59H37F3N4. The summed E-state index contributed by atoms with van der Waals surface area (Å²) in [6.07, 6.45) is -4.62. The van der Waals surface area contributed by atoms with Gasteiger partial charge >= 0.3 is 6.18 Å². The maximum absolute atomic E-state index is 14.0. The fraction of sp³-hybridized carbons (Fsp3) is 0.0508. The molecule has 66 heavy (non-hydrogen) atoms. The molecule has 0 saturated carbocycles. The number of aryl methyl sites for hydroxylation is 2. The summed E-state index contributed by atoms with van der Waals surface area (Å²) in [6, 6.07) is 65.6. The first-order chi connectivity index (χ1) is 32.1. The molecule has 0 radical (unpaired) electrons. The summed E-state index contributed by atoms with van der Waals surface area (Å²) in [7, 11) is 0. The second kappa shape index (κ2) is 15.6. The van der Waals surface area contributed by atoms with Gasteiger partial charge in [-0.15, -0.1) is 0 Å². The molecule has 0 aliphatic carbocycles. The van der Waals surface area contributed by atoms with Crippen LogP contribution in [0.2, 0.25) is 0 Å². The molecule has 0 atom stereocenters. The van der Waals surface area contributed by atoms with Gasteiger partial charge in [-0.2, -0.15) is 23.7 Å². The van der Waals surface area contributed by atoms with E-state index in [1.807, 2.05) is 66.7 Å². The molecule has 7 heteroatoms. The summed E-state index contributed by atoms with van der Waals surface area (Å²) in [5, 5.41) is 25.0. The highest BCUT2D eigenvalue weighted by Gasteiger charge is 2.31. The van der Waals surface area contributed by atoms with Crippen molar-refractivity contribution in [2.75, 3.05) is 0 Å². The largest absolute Gasteiger partial charge is 0.416 e. The van der Waals surface area contributed by atoms with Crippen LogP contribution in [0, 0.1) is 36.5 Å². The van der Waals surface area contributed by atoms with Crippen LogP contribution >= 0.6 is 0 Å². The van der Waals surface area contributed by atoms with Crippen molar-refractivity contribution >= 4 is 43.6 Å². The van der Waals surface area contributed by atoms with Gasteiger partial charge in [0.15, 0.2) is 0 Å². The predicted molar refractivity (Wildman–Crippen MR) is 261 cm³/mol. The molecule has 0 fully saturated rings. The molecule has 0 saturated heterocycles. The van der Waals surface area contributed by atoms with Crippen LogP contribution in [0.4, 0.5) is 13.2 Å². The van der Waals surface area contributed by atoms with Crippen molar-refractivity contribution in [1.29, 1.82) is 10.5 Å². The Morgan fingerprint density at radius 1 is 0.394 bits per heavy atom. The average Bonchev–Trinajstić information content (AvgIpc) is 3.85. The third kappa shape index (κ3) is 6.69. The van der Waals surface area contributed by atoms with E-state index in [1.54, 1.807) is 0 Å². The number of aromatic nitrogens is 2. The Bertz CT molecular complexity index is 3870. The Hall–Kier alpha value is -8.65. The van der Waals surface area contributed by atoms with E-state index in [-0.39, 0.29) is 5.56 Å². The van der Waals surface area contributed by atoms with Crippen molar-refractivity contribution in [1.82, 2.24) is 9.13 Å². The number of rotatable bonds is 6. The van der Waals surface area contributed by atoms with E-state index >= 15 is 0 Å². The van der Waals surface area contributed by atoms with Crippen molar-refractivity contribution < 1.29 is 13.2 Å². The van der Waals surface area contributed by atoms with Crippen LogP contribution in [0.3, 0.4) is 0 Å². The molecule has 0 N–H and O–H groups in total. The zero-order valence-electron chi connectivity index (χ0n) is 35.8. The van der Waals surface area contributed by atoms with E-state index in [4.69, 9.17) is 0 Å². The van der Waals surface area contributed by atoms with Crippen LogP contribution < -0.4 is 0 Å². The van der Waals surface area contributed by atoms with E-state index < -0.39 is 11.7 Å². The highest BCUT2D eigenvalue weighted by molar-refractivity contribution is 6.13. The van der Waals surface area contributed by atoms with Gasteiger partial charge in [-0.3, -0.25) is 0 Å². The number of benzene rings is 9. The third-order valence-corrected chi connectivity index (χ3v) is 12.7. The number of hydrogen-bond donors (Lipinski definition) is 0. The van der Waals surface area contributed by atoms with E-state index in [2.05, 4.69) is 138 Å². The lowest BCUT2D eigenvalue weighted by atomic mass is 9.92. The summed E-state index contributed by atoms with van der Waals surface area (Å²) < 4.78 is 46.4. The van der Waals surface area contributed by atoms with Crippen LogP contribution in [-0.2, 0) is 6.18 Å². The highest BCUT2D eigenvalue weighted by Crippen LogP contribution is 2.44. The Balaban J connectivity index is 1.22. The number of hydrogen-bond acceptors (Lipinski definition) is 2. The first kappa shape index (κ1) is 40.1. The van der Waals surface area contributed by atoms with Crippen LogP contribution in [-0.4, -0.2) is 9.13 Å². The molecule has 0 unspecified atom stereocenters. The van der Waals surface area contributed by atoms with Crippen molar-refractivity contribution in [2.45, 2.75) is 20.0 Å². The number of nitriles is 2. The number of nitrogens with zero attached hydrogens (tertiary/aromatic N) is 4. The Labute approximate surface area is 378 Å². The zero-order chi connectivity index (χ0) is 45.3. The van der Waals surface area contributed by atoms with Crippen molar-refractivity contribution in [2.24, 2.45) is 0 Å². The molecule has 0 amide bonds. The highest BCUT2D eigenvalue weighted by atomic mass is 19.4. The normalized spacial score (nSPS) is 11.7. The number of para-hydroxylation sites is 2. The average molecular weight is 859 g/mol. The fourth-order valence-electron chi connectivity index (χ4n) is 9.67. The number of alkyl halides is 3. The van der Waals surface area contributed by atoms with Gasteiger partial charge < -0.3 is 9.13 Å². The second-order valence-corrected chi connectivity index (χ2v) is 16.9. The van der Waals surface area contributed by atoms with Gasteiger partial charge in [0.05, 0.1) is 62.3 Å². The van der Waals surface area contributed by atoms with Crippen LogP contribution in [0.5, 0.6) is 0 Å². The maximum Gasteiger partial charge on any atom is 0.416 e. The monoisotopic (exact) mass is 858 g/mol. The fourth-order valence-corrected chi connectivity index (χ4v) is 9.67.